The SMILES string of the molecule is [CH2-]OC/C=C/[Si](C)(C)O[Si](C)(C)O[Si](C)(C)O[Si](C)(C)O[Si](CCCNc1ccccc1)(OC)OC.[CH2-]OC/C=C/[Si](C)(C)O[Si](C)(C)O[Si](C)(C)O[Si](C)(C)O[Si](CCCNc1ccccc1)(OC)OC.[Rf]. The molecule has 73 heavy (non-hydrogen) atoms. The first kappa shape index (κ1) is 71.1. The largest absolute Gasteiger partial charge is 0.552 e. The van der Waals surface area contributed by atoms with Crippen molar-refractivity contribution in [3.63, 3.8) is 0 Å². The molecule has 0 spiro atoms. The average molecular weight is 1450 g/mol. The zero-order valence-electron chi connectivity index (χ0n) is 48.6. The van der Waals surface area contributed by atoms with Gasteiger partial charge in [0.2, 0.25) is 0 Å². The van der Waals surface area contributed by atoms with E-state index in [0.717, 1.165) is 37.3 Å². The van der Waals surface area contributed by atoms with Gasteiger partial charge in [0, 0.05) is 78.2 Å². The summed E-state index contributed by atoms with van der Waals surface area (Å²) in [7, 11) is -11.9. The van der Waals surface area contributed by atoms with E-state index in [1.165, 1.54) is 0 Å². The van der Waals surface area contributed by atoms with Gasteiger partial charge in [0.25, 0.3) is 0 Å². The summed E-state index contributed by atoms with van der Waals surface area (Å²) in [5, 5.41) is 6.86. The molecule has 0 amide bonds. The van der Waals surface area contributed by atoms with Gasteiger partial charge in [-0.25, -0.2) is 14.2 Å². The Kier molecular flexibility index (Phi) is 31.3. The third-order valence-electron chi connectivity index (χ3n) is 10.0. The van der Waals surface area contributed by atoms with Crippen LogP contribution >= 0.6 is 0 Å². The summed E-state index contributed by atoms with van der Waals surface area (Å²) in [5.74, 6) is 0. The number of ether oxygens (including phenoxy) is 2. The molecule has 0 atom stereocenters. The second-order valence-corrected chi connectivity index (χ2v) is 56.7. The molecule has 0 aliphatic rings. The Morgan fingerprint density at radius 1 is 0.397 bits per heavy atom. The molecule has 2 rings (SSSR count). The maximum absolute atomic E-state index is 6.63. The number of hydrogen-bond acceptors (Lipinski definition) is 16. The Balaban J connectivity index is 0.00000140. The normalized spacial score (nSPS) is 13.8. The molecule has 0 radical (unpaired) electrons. The molecule has 0 saturated carbocycles. The van der Waals surface area contributed by atoms with Gasteiger partial charge in [0.05, 0.1) is 0 Å². The Hall–Kier alpha value is -1.87. The minimum Gasteiger partial charge on any atom is -0.552 e. The van der Waals surface area contributed by atoms with Gasteiger partial charge >= 0.3 is 69.0 Å². The van der Waals surface area contributed by atoms with Gasteiger partial charge in [-0.3, -0.25) is 0 Å². The molecular formula is C46H96N2O14RfSi10-2. The smallest absolute Gasteiger partial charge is 0.491 e. The molecule has 0 aliphatic carbocycles. The molecule has 0 aromatic heterocycles. The zero-order chi connectivity index (χ0) is 55.0. The van der Waals surface area contributed by atoms with Gasteiger partial charge in [-0.05, 0) is 142 Å². The van der Waals surface area contributed by atoms with E-state index in [1.54, 1.807) is 28.4 Å². The number of benzene rings is 2. The number of anilines is 2. The van der Waals surface area contributed by atoms with Crippen LogP contribution in [0.25, 0.3) is 0 Å². The summed E-state index contributed by atoms with van der Waals surface area (Å²) in [4.78, 5) is 0. The van der Waals surface area contributed by atoms with Crippen LogP contribution in [0, 0.1) is 14.2 Å². The van der Waals surface area contributed by atoms with Crippen LogP contribution in [-0.4, -0.2) is 140 Å². The fraction of sp³-hybridized carbons (Fsp3) is 0.609. The molecule has 0 bridgehead atoms. The fourth-order valence-electron chi connectivity index (χ4n) is 8.41. The van der Waals surface area contributed by atoms with Gasteiger partial charge in [-0.15, -0.1) is 0 Å². The topological polar surface area (TPSA) is 153 Å². The summed E-state index contributed by atoms with van der Waals surface area (Å²) >= 11 is 0. The van der Waals surface area contributed by atoms with Crippen LogP contribution in [0.3, 0.4) is 0 Å². The molecule has 418 valence electrons. The van der Waals surface area contributed by atoms with Gasteiger partial charge < -0.3 is 70.7 Å². The molecule has 0 heterocycles. The van der Waals surface area contributed by atoms with Gasteiger partial charge in [0.15, 0.2) is 16.6 Å². The second kappa shape index (κ2) is 32.1. The molecular weight excluding hydrogens is 1350 g/mol. The first-order chi connectivity index (χ1) is 33.2. The summed E-state index contributed by atoms with van der Waals surface area (Å²) in [6.07, 6.45) is 5.62. The van der Waals surface area contributed by atoms with E-state index in [0.29, 0.717) is 25.3 Å². The predicted octanol–water partition coefficient (Wildman–Crippen LogP) is 12.0. The Bertz CT molecular complexity index is 1720. The Labute approximate surface area is 447 Å². The van der Waals surface area contributed by atoms with E-state index < -0.39 is 85.6 Å². The number of para-hydroxylation sites is 2. The summed E-state index contributed by atoms with van der Waals surface area (Å²) < 4.78 is 85.9. The van der Waals surface area contributed by atoms with E-state index in [2.05, 4.69) is 139 Å². The van der Waals surface area contributed by atoms with E-state index in [9.17, 15) is 0 Å². The maximum atomic E-state index is 6.63. The van der Waals surface area contributed by atoms with Crippen LogP contribution < -0.4 is 10.6 Å². The van der Waals surface area contributed by atoms with Crippen molar-refractivity contribution >= 4 is 97.0 Å². The van der Waals surface area contributed by atoms with Crippen molar-refractivity contribution in [2.24, 2.45) is 0 Å². The predicted molar refractivity (Wildman–Crippen MR) is 318 cm³/mol. The first-order valence-corrected chi connectivity index (χ1v) is 51.4. The van der Waals surface area contributed by atoms with Crippen LogP contribution in [0.15, 0.2) is 84.2 Å². The third kappa shape index (κ3) is 31.2. The van der Waals surface area contributed by atoms with Crippen LogP contribution in [-0.2, 0) is 60.1 Å². The van der Waals surface area contributed by atoms with Crippen molar-refractivity contribution in [2.45, 2.75) is 130 Å². The monoisotopic (exact) mass is 1450 g/mol. The number of nitrogens with one attached hydrogen (secondary N) is 2. The molecule has 2 aromatic carbocycles. The fourth-order valence-corrected chi connectivity index (χ4v) is 53.1. The van der Waals surface area contributed by atoms with Crippen molar-refractivity contribution in [1.82, 2.24) is 0 Å². The standard InChI is InChI=1S/2C23H48NO7Si5.Rf/c2*1-25-20-16-21-32(4,5)28-33(6,7)29-34(8,9)30-35(10,11)31-36(26-2,27-3)22-15-19-24-23-17-13-12-14-18-23;/h2*12-14,16-18,21,24H,1,15,19-20,22H2,2-11H3;/q2*-1;/b2*21-16+;. The van der Waals surface area contributed by atoms with E-state index in [4.69, 9.17) is 60.1 Å². The molecule has 0 unspecified atom stereocenters. The Morgan fingerprint density at radius 3 is 0.918 bits per heavy atom. The molecule has 27 heteroatoms. The molecule has 0 fully saturated rings. The van der Waals surface area contributed by atoms with E-state index in [-0.39, 0.29) is 0 Å². The van der Waals surface area contributed by atoms with Crippen LogP contribution in [0.5, 0.6) is 0 Å². The molecule has 2 aromatic rings. The molecule has 0 aliphatic heterocycles. The number of rotatable bonds is 36. The zero-order valence-corrected chi connectivity index (χ0v) is 65.0. The van der Waals surface area contributed by atoms with E-state index >= 15 is 0 Å². The molecule has 2 N–H and O–H groups in total. The third-order valence-corrected chi connectivity index (χ3v) is 46.8. The number of hydrogen-bond donors (Lipinski definition) is 2. The molecule has 0 saturated heterocycles. The van der Waals surface area contributed by atoms with Gasteiger partial charge in [-0.2, -0.15) is 0 Å². The van der Waals surface area contributed by atoms with Crippen molar-refractivity contribution in [2.75, 3.05) is 65.4 Å². The molecule has 16 nitrogen and oxygen atoms in total. The summed E-state index contributed by atoms with van der Waals surface area (Å²) in [6, 6.07) is 21.7. The van der Waals surface area contributed by atoms with Crippen molar-refractivity contribution in [1.29, 1.82) is 0 Å². The minimum absolute atomic E-state index is 0. The minimum atomic E-state index is -2.91. The average Bonchev–Trinajstić information content (AvgIpc) is 3.24. The van der Waals surface area contributed by atoms with Crippen molar-refractivity contribution in [3.8, 4) is 0 Å². The first-order valence-electron chi connectivity index (χ1n) is 24.7. The maximum Gasteiger partial charge on any atom is 0.491 e. The van der Waals surface area contributed by atoms with Gasteiger partial charge in [0.1, 0.15) is 0 Å². The quantitative estimate of drug-likeness (QED) is 0.0377. The van der Waals surface area contributed by atoms with Crippen molar-refractivity contribution in [3.05, 3.63) is 98.4 Å². The van der Waals surface area contributed by atoms with Crippen LogP contribution in [0.1, 0.15) is 12.8 Å². The summed E-state index contributed by atoms with van der Waals surface area (Å²) in [6.45, 7) is 35.7. The van der Waals surface area contributed by atoms with Crippen LogP contribution in [0.4, 0.5) is 11.4 Å². The second-order valence-electron chi connectivity index (χ2n) is 20.9. The van der Waals surface area contributed by atoms with Crippen LogP contribution in [0.2, 0.25) is 117 Å². The van der Waals surface area contributed by atoms with Crippen molar-refractivity contribution < 1.29 is 60.1 Å². The van der Waals surface area contributed by atoms with E-state index in [1.807, 2.05) is 74.7 Å². The van der Waals surface area contributed by atoms with Gasteiger partial charge in [-0.1, -0.05) is 59.9 Å². The summed E-state index contributed by atoms with van der Waals surface area (Å²) in [5.41, 5.74) is 6.40. The Morgan fingerprint density at radius 2 is 0.658 bits per heavy atom.